The molecular formula is C15H19F2N3O5. The van der Waals surface area contributed by atoms with Gasteiger partial charge in [-0.15, -0.1) is 0 Å². The first-order chi connectivity index (χ1) is 11.5. The first kappa shape index (κ1) is 18.8. The summed E-state index contributed by atoms with van der Waals surface area (Å²) >= 11 is 0. The van der Waals surface area contributed by atoms with Crippen molar-refractivity contribution in [2.24, 2.45) is 5.92 Å². The van der Waals surface area contributed by atoms with E-state index in [-0.39, 0.29) is 12.3 Å². The molecule has 2 rings (SSSR count). The zero-order valence-electron chi connectivity index (χ0n) is 14.1. The molecule has 25 heavy (non-hydrogen) atoms. The van der Waals surface area contributed by atoms with E-state index in [0.29, 0.717) is 0 Å². The highest BCUT2D eigenvalue weighted by Gasteiger charge is 2.51. The molecule has 0 radical (unpaired) electrons. The molecule has 10 heteroatoms. The fraction of sp³-hybridized carbons (Fsp3) is 0.600. The first-order valence-electron chi connectivity index (χ1n) is 7.57. The molecular weight excluding hydrogens is 340 g/mol. The normalized spacial score (nSPS) is 19.6. The van der Waals surface area contributed by atoms with E-state index in [0.717, 1.165) is 4.90 Å². The Bertz CT molecular complexity index is 663. The van der Waals surface area contributed by atoms with Crippen LogP contribution in [0.4, 0.5) is 19.4 Å². The monoisotopic (exact) mass is 359 g/mol. The molecule has 1 atom stereocenters. The highest BCUT2D eigenvalue weighted by atomic mass is 19.3. The van der Waals surface area contributed by atoms with Gasteiger partial charge in [-0.2, -0.15) is 0 Å². The smallest absolute Gasteiger partial charge is 0.410 e. The summed E-state index contributed by atoms with van der Waals surface area (Å²) in [5, 5.41) is 10.9. The standard InChI is InChI=1S/C15H19F2N3O5/c1-14(2,3)25-13(21)19-7-10(15(16,17)9-19)8-24-11-5-4-6-18-12(11)20(22)23/h4-6,10H,7-9H2,1-3H3. The number of amides is 1. The molecule has 0 aromatic carbocycles. The minimum absolute atomic E-state index is 0.195. The number of aromatic nitrogens is 1. The topological polar surface area (TPSA) is 94.8 Å². The molecule has 138 valence electrons. The maximum Gasteiger partial charge on any atom is 0.410 e. The lowest BCUT2D eigenvalue weighted by atomic mass is 10.1. The predicted octanol–water partition coefficient (Wildman–Crippen LogP) is 2.87. The van der Waals surface area contributed by atoms with E-state index in [1.807, 2.05) is 0 Å². The lowest BCUT2D eigenvalue weighted by molar-refractivity contribution is -0.390. The van der Waals surface area contributed by atoms with Gasteiger partial charge in [0, 0.05) is 6.54 Å². The lowest BCUT2D eigenvalue weighted by Gasteiger charge is -2.24. The van der Waals surface area contributed by atoms with E-state index < -0.39 is 47.4 Å². The van der Waals surface area contributed by atoms with Crippen molar-refractivity contribution in [3.05, 3.63) is 28.4 Å². The zero-order valence-corrected chi connectivity index (χ0v) is 14.1. The van der Waals surface area contributed by atoms with Crippen molar-refractivity contribution >= 4 is 11.9 Å². The minimum Gasteiger partial charge on any atom is -0.485 e. The van der Waals surface area contributed by atoms with Gasteiger partial charge in [0.25, 0.3) is 5.92 Å². The van der Waals surface area contributed by atoms with E-state index in [1.165, 1.54) is 18.3 Å². The Kier molecular flexibility index (Phi) is 5.09. The quantitative estimate of drug-likeness (QED) is 0.606. The van der Waals surface area contributed by atoms with Crippen molar-refractivity contribution < 1.29 is 28.0 Å². The van der Waals surface area contributed by atoms with Gasteiger partial charge in [0.15, 0.2) is 0 Å². The van der Waals surface area contributed by atoms with E-state index in [9.17, 15) is 23.7 Å². The molecule has 1 unspecified atom stereocenters. The van der Waals surface area contributed by atoms with Gasteiger partial charge in [-0.05, 0) is 42.8 Å². The van der Waals surface area contributed by atoms with E-state index in [4.69, 9.17) is 9.47 Å². The second kappa shape index (κ2) is 6.77. The minimum atomic E-state index is -3.19. The summed E-state index contributed by atoms with van der Waals surface area (Å²) in [4.78, 5) is 26.5. The number of pyridine rings is 1. The third-order valence-electron chi connectivity index (χ3n) is 3.46. The molecule has 1 aliphatic heterocycles. The highest BCUT2D eigenvalue weighted by molar-refractivity contribution is 5.68. The number of hydrogen-bond donors (Lipinski definition) is 0. The lowest BCUT2D eigenvalue weighted by Crippen LogP contribution is -2.36. The molecule has 0 saturated carbocycles. The molecule has 1 aromatic rings. The van der Waals surface area contributed by atoms with Gasteiger partial charge >= 0.3 is 11.9 Å². The number of ether oxygens (including phenoxy) is 2. The second-order valence-corrected chi connectivity index (χ2v) is 6.71. The number of halogens is 2. The molecule has 2 heterocycles. The fourth-order valence-electron chi connectivity index (χ4n) is 2.31. The van der Waals surface area contributed by atoms with Crippen LogP contribution in [0.5, 0.6) is 5.75 Å². The average molecular weight is 359 g/mol. The third-order valence-corrected chi connectivity index (χ3v) is 3.46. The van der Waals surface area contributed by atoms with Gasteiger partial charge in [-0.3, -0.25) is 0 Å². The van der Waals surface area contributed by atoms with Crippen molar-refractivity contribution in [1.82, 2.24) is 9.88 Å². The van der Waals surface area contributed by atoms with Crippen molar-refractivity contribution in [3.63, 3.8) is 0 Å². The molecule has 1 amide bonds. The zero-order chi connectivity index (χ0) is 18.8. The molecule has 1 saturated heterocycles. The van der Waals surface area contributed by atoms with Crippen LogP contribution < -0.4 is 4.74 Å². The number of alkyl halides is 2. The van der Waals surface area contributed by atoms with Crippen LogP contribution in [0.1, 0.15) is 20.8 Å². The molecule has 0 spiro atoms. The van der Waals surface area contributed by atoms with Gasteiger partial charge in [0.1, 0.15) is 11.8 Å². The Hall–Kier alpha value is -2.52. The van der Waals surface area contributed by atoms with Crippen LogP contribution >= 0.6 is 0 Å². The molecule has 1 fully saturated rings. The summed E-state index contributed by atoms with van der Waals surface area (Å²) in [7, 11) is 0. The number of nitrogens with zero attached hydrogens (tertiary/aromatic N) is 3. The fourth-order valence-corrected chi connectivity index (χ4v) is 2.31. The van der Waals surface area contributed by atoms with Gasteiger partial charge in [-0.1, -0.05) is 0 Å². The Morgan fingerprint density at radius 3 is 2.80 bits per heavy atom. The van der Waals surface area contributed by atoms with Crippen molar-refractivity contribution in [2.75, 3.05) is 19.7 Å². The number of carbonyl (C=O) groups is 1. The van der Waals surface area contributed by atoms with Crippen molar-refractivity contribution in [3.8, 4) is 5.75 Å². The number of rotatable bonds is 4. The summed E-state index contributed by atoms with van der Waals surface area (Å²) in [5.41, 5.74) is -0.794. The molecule has 0 N–H and O–H groups in total. The summed E-state index contributed by atoms with van der Waals surface area (Å²) < 4.78 is 38.5. The molecule has 0 bridgehead atoms. The SMILES string of the molecule is CC(C)(C)OC(=O)N1CC(COc2cccnc2[N+](=O)[O-])C(F)(F)C1. The highest BCUT2D eigenvalue weighted by Crippen LogP contribution is 2.35. The number of hydrogen-bond acceptors (Lipinski definition) is 6. The van der Waals surface area contributed by atoms with E-state index in [2.05, 4.69) is 4.98 Å². The largest absolute Gasteiger partial charge is 0.485 e. The van der Waals surface area contributed by atoms with Gasteiger partial charge < -0.3 is 24.5 Å². The predicted molar refractivity (Wildman–Crippen MR) is 82.6 cm³/mol. The number of likely N-dealkylation sites (tertiary alicyclic amines) is 1. The molecule has 1 aromatic heterocycles. The maximum absolute atomic E-state index is 14.1. The van der Waals surface area contributed by atoms with Crippen LogP contribution in [0.2, 0.25) is 0 Å². The van der Waals surface area contributed by atoms with E-state index in [1.54, 1.807) is 20.8 Å². The third kappa shape index (κ3) is 4.74. The van der Waals surface area contributed by atoms with E-state index >= 15 is 0 Å². The summed E-state index contributed by atoms with van der Waals surface area (Å²) in [5.74, 6) is -5.24. The van der Waals surface area contributed by atoms with Crippen LogP contribution in [-0.4, -0.2) is 52.1 Å². The van der Waals surface area contributed by atoms with Crippen LogP contribution in [0.15, 0.2) is 18.3 Å². The van der Waals surface area contributed by atoms with Crippen molar-refractivity contribution in [2.45, 2.75) is 32.3 Å². The van der Waals surface area contributed by atoms with Crippen LogP contribution in [0.3, 0.4) is 0 Å². The summed E-state index contributed by atoms with van der Waals surface area (Å²) in [6, 6.07) is 2.69. The van der Waals surface area contributed by atoms with Crippen LogP contribution in [0.25, 0.3) is 0 Å². The molecule has 1 aliphatic rings. The second-order valence-electron chi connectivity index (χ2n) is 6.71. The van der Waals surface area contributed by atoms with Crippen LogP contribution in [-0.2, 0) is 4.74 Å². The average Bonchev–Trinajstić information content (AvgIpc) is 2.78. The summed E-state index contributed by atoms with van der Waals surface area (Å²) in [6.45, 7) is 3.38. The van der Waals surface area contributed by atoms with Gasteiger partial charge in [0.05, 0.1) is 19.1 Å². The van der Waals surface area contributed by atoms with Crippen LogP contribution in [0, 0.1) is 16.0 Å². The molecule has 0 aliphatic carbocycles. The number of carbonyl (C=O) groups excluding carboxylic acids is 1. The van der Waals surface area contributed by atoms with Gasteiger partial charge in [0.2, 0.25) is 5.75 Å². The first-order valence-corrected chi connectivity index (χ1v) is 7.57. The molecule has 8 nitrogen and oxygen atoms in total. The maximum atomic E-state index is 14.1. The Morgan fingerprint density at radius 2 is 2.20 bits per heavy atom. The Balaban J connectivity index is 2.03. The number of nitro groups is 1. The van der Waals surface area contributed by atoms with Gasteiger partial charge in [-0.25, -0.2) is 13.6 Å². The Morgan fingerprint density at radius 1 is 1.52 bits per heavy atom. The summed E-state index contributed by atoms with van der Waals surface area (Å²) in [6.07, 6.45) is 0.376. The van der Waals surface area contributed by atoms with Crippen molar-refractivity contribution in [1.29, 1.82) is 0 Å². The Labute approximate surface area is 142 Å².